The SMILES string of the molecule is C=CI1(CC)=CC=C(S(=O)(=O)CC)C(C#N)=C1. The van der Waals surface area contributed by atoms with Gasteiger partial charge in [-0.15, -0.1) is 0 Å². The molecule has 0 aromatic rings. The third-order valence-corrected chi connectivity index (χ3v) is 12.2. The monoisotopic (exact) mass is 365 g/mol. The Labute approximate surface area is 106 Å². The first-order chi connectivity index (χ1) is 7.94. The van der Waals surface area contributed by atoms with E-state index >= 15 is 0 Å². The van der Waals surface area contributed by atoms with Gasteiger partial charge in [0.1, 0.15) is 0 Å². The van der Waals surface area contributed by atoms with E-state index in [1.807, 2.05) is 25.2 Å². The van der Waals surface area contributed by atoms with Crippen LogP contribution < -0.4 is 0 Å². The third kappa shape index (κ3) is 2.75. The first kappa shape index (κ1) is 14.3. The van der Waals surface area contributed by atoms with Crippen molar-refractivity contribution in [1.29, 1.82) is 5.26 Å². The van der Waals surface area contributed by atoms with Crippen molar-refractivity contribution in [3.8, 4) is 6.07 Å². The van der Waals surface area contributed by atoms with E-state index in [0.29, 0.717) is 5.57 Å². The van der Waals surface area contributed by atoms with E-state index in [0.717, 1.165) is 4.43 Å². The van der Waals surface area contributed by atoms with Crippen LogP contribution in [0.25, 0.3) is 0 Å². The average Bonchev–Trinajstić information content (AvgIpc) is 2.37. The van der Waals surface area contributed by atoms with Crippen LogP contribution in [0, 0.1) is 11.3 Å². The van der Waals surface area contributed by atoms with Crippen molar-refractivity contribution in [2.75, 3.05) is 10.2 Å². The molecule has 0 radical (unpaired) electrons. The maximum absolute atomic E-state index is 11.8. The summed E-state index contributed by atoms with van der Waals surface area (Å²) < 4.78 is 30.3. The number of nitriles is 1. The van der Waals surface area contributed by atoms with Gasteiger partial charge in [0.15, 0.2) is 0 Å². The average molecular weight is 365 g/mol. The number of allylic oxidation sites excluding steroid dienone is 2. The molecule has 0 aromatic carbocycles. The van der Waals surface area contributed by atoms with Crippen LogP contribution >= 0.6 is 18.0 Å². The molecule has 0 aromatic heterocycles. The number of hydrogen-bond donors (Lipinski definition) is 0. The predicted molar refractivity (Wildman–Crippen MR) is 82.1 cm³/mol. The summed E-state index contributed by atoms with van der Waals surface area (Å²) in [6.07, 6.45) is 1.61. The first-order valence-corrected chi connectivity index (χ1v) is 12.1. The number of hydrogen-bond acceptors (Lipinski definition) is 3. The summed E-state index contributed by atoms with van der Waals surface area (Å²) in [6.45, 7) is 7.45. The van der Waals surface area contributed by atoms with Crippen LogP contribution in [0.1, 0.15) is 13.8 Å². The van der Waals surface area contributed by atoms with Crippen molar-refractivity contribution < 1.29 is 8.42 Å². The Morgan fingerprint density at radius 3 is 2.59 bits per heavy atom. The molecule has 1 unspecified atom stereocenters. The van der Waals surface area contributed by atoms with Crippen LogP contribution in [0.4, 0.5) is 0 Å². The molecule has 0 spiro atoms. The van der Waals surface area contributed by atoms with Gasteiger partial charge in [0.05, 0.1) is 0 Å². The summed E-state index contributed by atoms with van der Waals surface area (Å²) in [5.41, 5.74) is 0.299. The maximum atomic E-state index is 11.8. The van der Waals surface area contributed by atoms with Crippen molar-refractivity contribution in [3.63, 3.8) is 0 Å². The molecule has 1 rings (SSSR count). The van der Waals surface area contributed by atoms with Gasteiger partial charge in [0.2, 0.25) is 0 Å². The molecule has 0 fully saturated rings. The van der Waals surface area contributed by atoms with Crippen molar-refractivity contribution in [3.05, 3.63) is 31.3 Å². The third-order valence-electron chi connectivity index (χ3n) is 2.61. The molecule has 0 aliphatic carbocycles. The second-order valence-corrected chi connectivity index (χ2v) is 14.3. The van der Waals surface area contributed by atoms with E-state index in [-0.39, 0.29) is 10.7 Å². The van der Waals surface area contributed by atoms with Gasteiger partial charge < -0.3 is 0 Å². The molecule has 0 saturated heterocycles. The molecule has 1 heterocycles. The van der Waals surface area contributed by atoms with E-state index in [4.69, 9.17) is 5.26 Å². The van der Waals surface area contributed by atoms with Crippen LogP contribution in [0.5, 0.6) is 0 Å². The van der Waals surface area contributed by atoms with Crippen molar-refractivity contribution in [2.45, 2.75) is 13.8 Å². The van der Waals surface area contributed by atoms with Crippen LogP contribution in [0.2, 0.25) is 0 Å². The summed E-state index contributed by atoms with van der Waals surface area (Å²) in [5, 5.41) is 9.10. The molecule has 0 amide bonds. The summed E-state index contributed by atoms with van der Waals surface area (Å²) in [4.78, 5) is 0.164. The molecule has 94 valence electrons. The normalized spacial score (nSPS) is 27.8. The first-order valence-electron chi connectivity index (χ1n) is 5.20. The fourth-order valence-corrected chi connectivity index (χ4v) is 7.91. The Hall–Kier alpha value is -0.740. The van der Waals surface area contributed by atoms with Crippen LogP contribution in [0.3, 0.4) is 0 Å². The van der Waals surface area contributed by atoms with Crippen LogP contribution in [-0.4, -0.2) is 22.6 Å². The molecule has 5 heteroatoms. The van der Waals surface area contributed by atoms with Gasteiger partial charge in [0, 0.05) is 0 Å². The molecule has 0 N–H and O–H groups in total. The van der Waals surface area contributed by atoms with Gasteiger partial charge in [-0.2, -0.15) is 0 Å². The molecular weight excluding hydrogens is 349 g/mol. The summed E-state index contributed by atoms with van der Waals surface area (Å²) in [7, 11) is -3.32. The Morgan fingerprint density at radius 1 is 1.53 bits per heavy atom. The quantitative estimate of drug-likeness (QED) is 0.569. The zero-order valence-electron chi connectivity index (χ0n) is 9.98. The number of sulfone groups is 1. The minimum absolute atomic E-state index is 0.0189. The topological polar surface area (TPSA) is 57.9 Å². The van der Waals surface area contributed by atoms with Gasteiger partial charge in [-0.1, -0.05) is 0 Å². The van der Waals surface area contributed by atoms with Gasteiger partial charge in [0.25, 0.3) is 0 Å². The zero-order valence-corrected chi connectivity index (χ0v) is 13.0. The van der Waals surface area contributed by atoms with Crippen LogP contribution in [0.15, 0.2) is 31.3 Å². The predicted octanol–water partition coefficient (Wildman–Crippen LogP) is 2.73. The molecule has 1 aliphatic rings. The zero-order chi connectivity index (χ0) is 13.1. The van der Waals surface area contributed by atoms with Gasteiger partial charge in [-0.3, -0.25) is 0 Å². The van der Waals surface area contributed by atoms with Crippen molar-refractivity contribution in [1.82, 2.24) is 0 Å². The summed E-state index contributed by atoms with van der Waals surface area (Å²) in [6, 6.07) is 2.01. The summed E-state index contributed by atoms with van der Waals surface area (Å²) in [5.74, 6) is 0.0189. The molecule has 1 aliphatic heterocycles. The second-order valence-electron chi connectivity index (χ2n) is 3.46. The van der Waals surface area contributed by atoms with Crippen molar-refractivity contribution in [2.24, 2.45) is 0 Å². The Morgan fingerprint density at radius 2 is 2.18 bits per heavy atom. The molecular formula is C12H16INO2S. The van der Waals surface area contributed by atoms with Crippen LogP contribution in [-0.2, 0) is 9.84 Å². The van der Waals surface area contributed by atoms with Gasteiger partial charge in [-0.05, 0) is 0 Å². The number of alkyl halides is 1. The fraction of sp³-hybridized carbons (Fsp3) is 0.333. The van der Waals surface area contributed by atoms with E-state index in [1.165, 1.54) is 0 Å². The number of nitrogens with zero attached hydrogens (tertiary/aromatic N) is 1. The fourth-order valence-electron chi connectivity index (χ4n) is 1.44. The number of halogens is 1. The van der Waals surface area contributed by atoms with E-state index in [2.05, 4.69) is 6.58 Å². The molecule has 17 heavy (non-hydrogen) atoms. The molecule has 0 bridgehead atoms. The Kier molecular flexibility index (Phi) is 4.44. The molecule has 0 saturated carbocycles. The number of rotatable bonds is 4. The molecule has 1 atom stereocenters. The molecule has 3 nitrogen and oxygen atoms in total. The standard InChI is InChI=1S/C12H16INO2S/c1-4-13(5-2)8-7-12(11(9-13)10-14)17(15,16)6-3/h4,7-9H,1,5-6H2,2-3H3. The second kappa shape index (κ2) is 5.27. The minimum atomic E-state index is -3.32. The van der Waals surface area contributed by atoms with E-state index in [9.17, 15) is 8.42 Å². The van der Waals surface area contributed by atoms with Gasteiger partial charge >= 0.3 is 107 Å². The Balaban J connectivity index is 3.49. The Bertz CT molecular complexity index is 588. The summed E-state index contributed by atoms with van der Waals surface area (Å²) >= 11 is -2.39. The van der Waals surface area contributed by atoms with Gasteiger partial charge in [-0.25, -0.2) is 0 Å². The van der Waals surface area contributed by atoms with Crippen molar-refractivity contribution >= 4 is 31.8 Å². The van der Waals surface area contributed by atoms with E-state index in [1.54, 1.807) is 13.0 Å². The van der Waals surface area contributed by atoms with E-state index < -0.39 is 27.8 Å².